The zero-order chi connectivity index (χ0) is 40.5. The van der Waals surface area contributed by atoms with Crippen LogP contribution in [0.3, 0.4) is 0 Å². The number of halogens is 2. The molecule has 298 valence electrons. The topological polar surface area (TPSA) is 171 Å². The lowest BCUT2D eigenvalue weighted by atomic mass is 9.83. The van der Waals surface area contributed by atoms with Crippen molar-refractivity contribution in [2.75, 3.05) is 25.0 Å². The van der Waals surface area contributed by atoms with E-state index in [-0.39, 0.29) is 35.5 Å². The van der Waals surface area contributed by atoms with Gasteiger partial charge in [-0.3, -0.25) is 38.9 Å². The van der Waals surface area contributed by atoms with Crippen LogP contribution >= 0.6 is 0 Å². The van der Waals surface area contributed by atoms with Crippen LogP contribution in [0.15, 0.2) is 61.2 Å². The number of para-hydroxylation sites is 1. The van der Waals surface area contributed by atoms with Crippen molar-refractivity contribution in [2.24, 2.45) is 13.0 Å². The molecular formula is C42H47F2N9O4. The van der Waals surface area contributed by atoms with Crippen LogP contribution in [0.25, 0.3) is 21.8 Å². The smallest absolute Gasteiger partial charge is 0.267 e. The molecule has 3 amide bonds. The van der Waals surface area contributed by atoms with E-state index < -0.39 is 23.3 Å². The van der Waals surface area contributed by atoms with Crippen molar-refractivity contribution in [1.82, 2.24) is 34.8 Å². The molecule has 3 aromatic heterocycles. The van der Waals surface area contributed by atoms with E-state index >= 15 is 8.78 Å². The highest BCUT2D eigenvalue weighted by Gasteiger charge is 2.46. The fraction of sp³-hybridized carbons (Fsp3) is 0.452. The number of aromatic nitrogens is 5. The second kappa shape index (κ2) is 16.1. The van der Waals surface area contributed by atoms with Crippen LogP contribution in [0.5, 0.6) is 0 Å². The molecule has 3 fully saturated rings. The number of anilines is 1. The molecular weight excluding hydrogens is 733 g/mol. The Morgan fingerprint density at radius 1 is 1.05 bits per heavy atom. The molecule has 0 spiro atoms. The Morgan fingerprint density at radius 2 is 1.81 bits per heavy atom. The normalized spacial score (nSPS) is 21.4. The minimum absolute atomic E-state index is 0.138. The van der Waals surface area contributed by atoms with Gasteiger partial charge in [0, 0.05) is 67.0 Å². The van der Waals surface area contributed by atoms with Gasteiger partial charge < -0.3 is 10.4 Å². The number of pyridine rings is 1. The largest absolute Gasteiger partial charge is 0.386 e. The molecule has 1 saturated carbocycles. The zero-order valence-electron chi connectivity index (χ0n) is 32.3. The molecule has 0 bridgehead atoms. The number of piperidine rings is 2. The summed E-state index contributed by atoms with van der Waals surface area (Å²) >= 11 is 0. The molecule has 2 saturated heterocycles. The van der Waals surface area contributed by atoms with E-state index in [9.17, 15) is 24.8 Å². The van der Waals surface area contributed by atoms with Crippen LogP contribution in [-0.4, -0.2) is 77.8 Å². The Labute approximate surface area is 329 Å². The summed E-state index contributed by atoms with van der Waals surface area (Å²) in [5, 5.41) is 36.1. The summed E-state index contributed by atoms with van der Waals surface area (Å²) in [5.74, 6) is -4.03. The molecule has 1 atom stereocenters. The van der Waals surface area contributed by atoms with Crippen molar-refractivity contribution in [1.29, 1.82) is 5.26 Å². The van der Waals surface area contributed by atoms with Gasteiger partial charge in [-0.2, -0.15) is 15.5 Å². The number of imide groups is 1. The molecule has 13 nitrogen and oxygen atoms in total. The summed E-state index contributed by atoms with van der Waals surface area (Å²) in [4.78, 5) is 39.7. The first-order valence-electron chi connectivity index (χ1n) is 19.4. The molecule has 5 aromatic rings. The van der Waals surface area contributed by atoms with Gasteiger partial charge in [0.05, 0.1) is 52.5 Å². The van der Waals surface area contributed by atoms with Crippen molar-refractivity contribution < 1.29 is 28.3 Å². The number of fused-ring (bicyclic) bond motifs is 2. The number of amides is 3. The third kappa shape index (κ3) is 8.87. The Bertz CT molecular complexity index is 2340. The van der Waals surface area contributed by atoms with E-state index in [0.717, 1.165) is 42.0 Å². The van der Waals surface area contributed by atoms with Crippen molar-refractivity contribution in [2.45, 2.75) is 88.7 Å². The summed E-state index contributed by atoms with van der Waals surface area (Å²) in [7, 11) is 1.81. The van der Waals surface area contributed by atoms with E-state index in [1.54, 1.807) is 30.8 Å². The quantitative estimate of drug-likeness (QED) is 0.160. The van der Waals surface area contributed by atoms with E-state index in [1.807, 2.05) is 53.2 Å². The predicted molar refractivity (Wildman–Crippen MR) is 209 cm³/mol. The fourth-order valence-corrected chi connectivity index (χ4v) is 8.45. The monoisotopic (exact) mass is 779 g/mol. The number of alkyl halides is 2. The van der Waals surface area contributed by atoms with Gasteiger partial charge >= 0.3 is 0 Å². The van der Waals surface area contributed by atoms with Crippen LogP contribution in [0, 0.1) is 17.2 Å². The van der Waals surface area contributed by atoms with Crippen molar-refractivity contribution in [3.8, 4) is 6.07 Å². The number of nitrogens with one attached hydrogen (secondary N) is 2. The molecule has 57 heavy (non-hydrogen) atoms. The molecule has 5 heterocycles. The Morgan fingerprint density at radius 3 is 2.47 bits per heavy atom. The van der Waals surface area contributed by atoms with Gasteiger partial charge in [-0.25, -0.2) is 8.78 Å². The van der Waals surface area contributed by atoms with E-state index in [2.05, 4.69) is 20.7 Å². The average molecular weight is 780 g/mol. The first-order valence-corrected chi connectivity index (χ1v) is 19.4. The number of benzene rings is 2. The van der Waals surface area contributed by atoms with Crippen molar-refractivity contribution in [3.05, 3.63) is 83.4 Å². The third-order valence-corrected chi connectivity index (χ3v) is 11.3. The van der Waals surface area contributed by atoms with Crippen molar-refractivity contribution in [3.63, 3.8) is 0 Å². The van der Waals surface area contributed by atoms with Crippen LogP contribution in [0.1, 0.15) is 104 Å². The Balaban J connectivity index is 0.000000554. The van der Waals surface area contributed by atoms with Gasteiger partial charge in [-0.1, -0.05) is 18.2 Å². The number of aliphatic hydroxyl groups is 1. The molecule has 3 N–H and O–H groups in total. The number of hydrogen-bond donors (Lipinski definition) is 3. The molecule has 1 unspecified atom stereocenters. The number of carbonyl (C=O) groups is 3. The number of likely N-dealkylation sites (tertiary alicyclic amines) is 1. The van der Waals surface area contributed by atoms with Gasteiger partial charge in [0.2, 0.25) is 11.8 Å². The highest BCUT2D eigenvalue weighted by Crippen LogP contribution is 2.44. The van der Waals surface area contributed by atoms with Gasteiger partial charge in [-0.05, 0) is 88.6 Å². The molecule has 2 aliphatic heterocycles. The fourth-order valence-electron chi connectivity index (χ4n) is 8.45. The molecule has 3 aliphatic rings. The first-order chi connectivity index (χ1) is 27.2. The number of rotatable bonds is 7. The van der Waals surface area contributed by atoms with E-state index in [1.165, 1.54) is 18.5 Å². The summed E-state index contributed by atoms with van der Waals surface area (Å²) in [5.41, 5.74) is 2.41. The first kappa shape index (κ1) is 39.6. The van der Waals surface area contributed by atoms with Gasteiger partial charge in [0.25, 0.3) is 11.8 Å². The minimum Gasteiger partial charge on any atom is -0.386 e. The predicted octanol–water partition coefficient (Wildman–Crippen LogP) is 6.34. The number of nitriles is 1. The number of carbonyl (C=O) groups excluding carboxylic acids is 3. The lowest BCUT2D eigenvalue weighted by Gasteiger charge is -2.41. The molecule has 15 heteroatoms. The Kier molecular flexibility index (Phi) is 11.2. The van der Waals surface area contributed by atoms with Crippen LogP contribution in [0.2, 0.25) is 0 Å². The van der Waals surface area contributed by atoms with Gasteiger partial charge in [0.1, 0.15) is 6.07 Å². The lowest BCUT2D eigenvalue weighted by molar-refractivity contribution is -0.133. The summed E-state index contributed by atoms with van der Waals surface area (Å²) in [6.45, 7) is 4.37. The number of hydrogen-bond acceptors (Lipinski definition) is 9. The van der Waals surface area contributed by atoms with Gasteiger partial charge in [0.15, 0.2) is 0 Å². The summed E-state index contributed by atoms with van der Waals surface area (Å²) < 4.78 is 35.1. The summed E-state index contributed by atoms with van der Waals surface area (Å²) in [6, 6.07) is 12.8. The summed E-state index contributed by atoms with van der Waals surface area (Å²) in [6.07, 6.45) is 12.2. The lowest BCUT2D eigenvalue weighted by Crippen LogP contribution is -2.49. The standard InChI is InChI=1S/C37H40F2N8O2.C5H7NO2/c1-36(2,49)31-15-32-27(14-33(31)43-35(48)26-13-24(16-40)17-41-18-26)21-47(44-32)28-9-7-23(8-10-28)20-46-12-11-30(37(38,39)22-46)29-6-4-5-25-19-42-45(3)34(25)29;7-4-2-1-3-5(8)6-4/h4-6,13-15,17-19,21,23,28,30,49H,7-12,20,22H2,1-3H3,(H,43,48);1-3H2,(H,6,7,8). The maximum Gasteiger partial charge on any atom is 0.267 e. The maximum atomic E-state index is 15.7. The number of aryl methyl sites for hydroxylation is 1. The van der Waals surface area contributed by atoms with E-state index in [4.69, 9.17) is 5.10 Å². The van der Waals surface area contributed by atoms with Crippen molar-refractivity contribution >= 4 is 45.2 Å². The highest BCUT2D eigenvalue weighted by atomic mass is 19.3. The zero-order valence-corrected chi connectivity index (χ0v) is 32.3. The third-order valence-electron chi connectivity index (χ3n) is 11.3. The molecule has 0 radical (unpaired) electrons. The van der Waals surface area contributed by atoms with Crippen LogP contribution < -0.4 is 10.6 Å². The van der Waals surface area contributed by atoms with Crippen LogP contribution in [-0.2, 0) is 22.2 Å². The molecule has 2 aromatic carbocycles. The second-order valence-corrected chi connectivity index (χ2v) is 16.0. The highest BCUT2D eigenvalue weighted by molar-refractivity contribution is 6.05. The maximum absolute atomic E-state index is 15.7. The Hall–Kier alpha value is -5.59. The van der Waals surface area contributed by atoms with Gasteiger partial charge in [-0.15, -0.1) is 0 Å². The number of nitrogens with zero attached hydrogens (tertiary/aromatic N) is 7. The van der Waals surface area contributed by atoms with Crippen LogP contribution in [0.4, 0.5) is 14.5 Å². The SMILES string of the molecule is Cn1ncc2cccc(C3CCN(CC4CCC(n5cc6cc(NC(=O)c7cncc(C#N)c7)c(C(C)(C)O)cc6n5)CC4)CC3(F)F)c21.O=C1CCCC(=O)N1. The van der Waals surface area contributed by atoms with E-state index in [0.29, 0.717) is 67.0 Å². The second-order valence-electron chi connectivity index (χ2n) is 16.0. The average Bonchev–Trinajstić information content (AvgIpc) is 3.77. The molecule has 8 rings (SSSR count). The molecule has 1 aliphatic carbocycles. The minimum atomic E-state index is -2.83.